The first-order valence-corrected chi connectivity index (χ1v) is 9.53. The minimum atomic E-state index is -0.470. The smallest absolute Gasteiger partial charge is 0.323 e. The molecule has 0 aromatic heterocycles. The van der Waals surface area contributed by atoms with Gasteiger partial charge in [-0.2, -0.15) is 0 Å². The van der Waals surface area contributed by atoms with Gasteiger partial charge >= 0.3 is 5.97 Å². The Kier molecular flexibility index (Phi) is 16.5. The van der Waals surface area contributed by atoms with Crippen molar-refractivity contribution in [1.29, 1.82) is 0 Å². The van der Waals surface area contributed by atoms with Crippen LogP contribution >= 0.6 is 11.6 Å². The van der Waals surface area contributed by atoms with Crippen molar-refractivity contribution in [2.75, 3.05) is 7.11 Å². The lowest BCUT2D eigenvalue weighted by Gasteiger charge is -2.06. The molecular weight excluding hydrogens is 296 g/mol. The van der Waals surface area contributed by atoms with Gasteiger partial charge in [0.1, 0.15) is 5.38 Å². The van der Waals surface area contributed by atoms with E-state index in [1.165, 1.54) is 71.3 Å². The number of methoxy groups -OCH3 is 1. The molecule has 0 rings (SSSR count). The average molecular weight is 331 g/mol. The van der Waals surface area contributed by atoms with E-state index in [0.717, 1.165) is 19.3 Å². The number of allylic oxidation sites excluding steroid dienone is 2. The number of esters is 1. The van der Waals surface area contributed by atoms with Crippen molar-refractivity contribution < 1.29 is 9.53 Å². The van der Waals surface area contributed by atoms with Crippen LogP contribution in [0.3, 0.4) is 0 Å². The Morgan fingerprint density at radius 1 is 0.909 bits per heavy atom. The number of halogens is 1. The third kappa shape index (κ3) is 14.4. The van der Waals surface area contributed by atoms with E-state index < -0.39 is 5.38 Å². The van der Waals surface area contributed by atoms with Crippen LogP contribution in [0.4, 0.5) is 0 Å². The van der Waals surface area contributed by atoms with Crippen molar-refractivity contribution in [2.24, 2.45) is 0 Å². The summed E-state index contributed by atoms with van der Waals surface area (Å²) in [7, 11) is 1.38. The van der Waals surface area contributed by atoms with Gasteiger partial charge in [-0.05, 0) is 32.1 Å². The molecule has 0 aliphatic rings. The molecule has 0 spiro atoms. The van der Waals surface area contributed by atoms with Crippen LogP contribution in [0.25, 0.3) is 0 Å². The van der Waals surface area contributed by atoms with Crippen LogP contribution in [0.1, 0.15) is 90.4 Å². The van der Waals surface area contributed by atoms with Crippen molar-refractivity contribution in [3.05, 3.63) is 12.2 Å². The number of carbonyl (C=O) groups excluding carboxylic acids is 1. The molecule has 0 N–H and O–H groups in total. The van der Waals surface area contributed by atoms with Gasteiger partial charge in [0.25, 0.3) is 0 Å². The first kappa shape index (κ1) is 21.5. The molecule has 0 bridgehead atoms. The van der Waals surface area contributed by atoms with E-state index >= 15 is 0 Å². The summed E-state index contributed by atoms with van der Waals surface area (Å²) in [5.74, 6) is -0.306. The summed E-state index contributed by atoms with van der Waals surface area (Å²) >= 11 is 5.90. The average Bonchev–Trinajstić information content (AvgIpc) is 2.54. The Labute approximate surface area is 142 Å². The van der Waals surface area contributed by atoms with Crippen LogP contribution in [0.5, 0.6) is 0 Å². The fourth-order valence-corrected chi connectivity index (χ4v) is 2.71. The normalized spacial score (nSPS) is 12.7. The third-order valence-corrected chi connectivity index (χ3v) is 4.32. The first-order valence-electron chi connectivity index (χ1n) is 9.09. The van der Waals surface area contributed by atoms with Gasteiger partial charge in [0, 0.05) is 0 Å². The monoisotopic (exact) mass is 330 g/mol. The second-order valence-corrected chi connectivity index (χ2v) is 6.54. The number of hydrogen-bond donors (Lipinski definition) is 0. The maximum Gasteiger partial charge on any atom is 0.323 e. The summed E-state index contributed by atoms with van der Waals surface area (Å²) in [6.07, 6.45) is 20.6. The minimum absolute atomic E-state index is 0.306. The summed E-state index contributed by atoms with van der Waals surface area (Å²) in [6.45, 7) is 2.26. The number of carbonyl (C=O) groups is 1. The molecule has 0 saturated heterocycles. The summed E-state index contributed by atoms with van der Waals surface area (Å²) in [5.41, 5.74) is 0. The highest BCUT2D eigenvalue weighted by atomic mass is 35.5. The molecule has 0 saturated carbocycles. The van der Waals surface area contributed by atoms with Crippen LogP contribution in [-0.2, 0) is 9.53 Å². The molecule has 0 fully saturated rings. The molecule has 3 heteroatoms. The van der Waals surface area contributed by atoms with Gasteiger partial charge in [-0.25, -0.2) is 0 Å². The predicted octanol–water partition coefficient (Wildman–Crippen LogP) is 6.41. The number of unbranched alkanes of at least 4 members (excludes halogenated alkanes) is 10. The van der Waals surface area contributed by atoms with Crippen LogP contribution in [0.15, 0.2) is 12.2 Å². The molecule has 0 aromatic carbocycles. The summed E-state index contributed by atoms with van der Waals surface area (Å²) < 4.78 is 4.60. The van der Waals surface area contributed by atoms with E-state index in [4.69, 9.17) is 11.6 Å². The van der Waals surface area contributed by atoms with E-state index in [0.29, 0.717) is 0 Å². The molecule has 22 heavy (non-hydrogen) atoms. The van der Waals surface area contributed by atoms with Gasteiger partial charge in [-0.3, -0.25) is 4.79 Å². The quantitative estimate of drug-likeness (QED) is 0.150. The van der Waals surface area contributed by atoms with Gasteiger partial charge in [-0.15, -0.1) is 11.6 Å². The Hall–Kier alpha value is -0.500. The summed E-state index contributed by atoms with van der Waals surface area (Å²) in [4.78, 5) is 11.1. The van der Waals surface area contributed by atoms with Gasteiger partial charge in [-0.1, -0.05) is 70.4 Å². The van der Waals surface area contributed by atoms with Crippen molar-refractivity contribution >= 4 is 17.6 Å². The molecule has 0 radical (unpaired) electrons. The molecule has 0 amide bonds. The zero-order valence-corrected chi connectivity index (χ0v) is 15.4. The number of ether oxygens (including phenoxy) is 1. The van der Waals surface area contributed by atoms with Gasteiger partial charge < -0.3 is 4.74 Å². The van der Waals surface area contributed by atoms with E-state index in [9.17, 15) is 4.79 Å². The zero-order valence-electron chi connectivity index (χ0n) is 14.6. The Morgan fingerprint density at radius 2 is 1.41 bits per heavy atom. The molecule has 1 unspecified atom stereocenters. The van der Waals surface area contributed by atoms with E-state index in [2.05, 4.69) is 23.8 Å². The highest BCUT2D eigenvalue weighted by Gasteiger charge is 2.14. The molecule has 0 aliphatic heterocycles. The molecule has 0 aliphatic carbocycles. The van der Waals surface area contributed by atoms with Crippen molar-refractivity contribution in [1.82, 2.24) is 0 Å². The van der Waals surface area contributed by atoms with Crippen LogP contribution in [-0.4, -0.2) is 18.5 Å². The molecule has 1 atom stereocenters. The SMILES string of the molecule is CCCCCCCC/C=C\CCCCCCC(Cl)C(=O)OC. The lowest BCUT2D eigenvalue weighted by molar-refractivity contribution is -0.140. The third-order valence-electron chi connectivity index (χ3n) is 3.93. The van der Waals surface area contributed by atoms with Crippen LogP contribution in [0.2, 0.25) is 0 Å². The lowest BCUT2D eigenvalue weighted by Crippen LogP contribution is -2.15. The standard InChI is InChI=1S/C19H35ClO2/c1-3-4-5-6-7-8-9-10-11-12-13-14-15-16-17-18(20)19(21)22-2/h10-11,18H,3-9,12-17H2,1-2H3/b11-10-. The number of alkyl halides is 1. The second-order valence-electron chi connectivity index (χ2n) is 6.01. The first-order chi connectivity index (χ1) is 10.7. The number of rotatable bonds is 15. The predicted molar refractivity (Wildman–Crippen MR) is 96.5 cm³/mol. The Balaban J connectivity index is 3.22. The van der Waals surface area contributed by atoms with E-state index in [1.54, 1.807) is 0 Å². The molecule has 2 nitrogen and oxygen atoms in total. The number of hydrogen-bond acceptors (Lipinski definition) is 2. The van der Waals surface area contributed by atoms with E-state index in [1.807, 2.05) is 0 Å². The molecule has 130 valence electrons. The van der Waals surface area contributed by atoms with Gasteiger partial charge in [0.2, 0.25) is 0 Å². The van der Waals surface area contributed by atoms with Crippen LogP contribution < -0.4 is 0 Å². The van der Waals surface area contributed by atoms with Crippen molar-refractivity contribution in [3.63, 3.8) is 0 Å². The Bertz CT molecular complexity index is 277. The summed E-state index contributed by atoms with van der Waals surface area (Å²) in [6, 6.07) is 0. The lowest BCUT2D eigenvalue weighted by atomic mass is 10.1. The fraction of sp³-hybridized carbons (Fsp3) is 0.842. The second kappa shape index (κ2) is 16.9. The minimum Gasteiger partial charge on any atom is -0.468 e. The van der Waals surface area contributed by atoms with Crippen molar-refractivity contribution in [2.45, 2.75) is 95.8 Å². The molecular formula is C19H35ClO2. The van der Waals surface area contributed by atoms with E-state index in [-0.39, 0.29) is 5.97 Å². The highest BCUT2D eigenvalue weighted by Crippen LogP contribution is 2.13. The maximum absolute atomic E-state index is 11.1. The van der Waals surface area contributed by atoms with Crippen molar-refractivity contribution in [3.8, 4) is 0 Å². The Morgan fingerprint density at radius 3 is 1.95 bits per heavy atom. The molecule has 0 heterocycles. The van der Waals surface area contributed by atoms with Gasteiger partial charge in [0.15, 0.2) is 0 Å². The zero-order chi connectivity index (χ0) is 16.5. The summed E-state index contributed by atoms with van der Waals surface area (Å²) in [5, 5.41) is -0.470. The largest absolute Gasteiger partial charge is 0.468 e. The molecule has 0 aromatic rings. The topological polar surface area (TPSA) is 26.3 Å². The maximum atomic E-state index is 11.1. The highest BCUT2D eigenvalue weighted by molar-refractivity contribution is 6.29. The fourth-order valence-electron chi connectivity index (χ4n) is 2.46. The van der Waals surface area contributed by atoms with Gasteiger partial charge in [0.05, 0.1) is 7.11 Å². The van der Waals surface area contributed by atoms with Crippen LogP contribution in [0, 0.1) is 0 Å².